The second-order valence-corrected chi connectivity index (χ2v) is 19.0. The maximum Gasteiger partial charge on any atom is 0.250 e. The number of hydrogen-bond donors (Lipinski definition) is 5. The highest BCUT2D eigenvalue weighted by molar-refractivity contribution is 4.86. The Morgan fingerprint density at radius 1 is 0.407 bits per heavy atom. The molecule has 0 spiro atoms. The van der Waals surface area contributed by atoms with E-state index in [2.05, 4.69) is 41.5 Å². The van der Waals surface area contributed by atoms with E-state index >= 15 is 0 Å². The van der Waals surface area contributed by atoms with Crippen LogP contribution >= 0.6 is 0 Å². The predicted octanol–water partition coefficient (Wildman–Crippen LogP) is 10.3. The van der Waals surface area contributed by atoms with Crippen molar-refractivity contribution in [3.63, 3.8) is 0 Å². The van der Waals surface area contributed by atoms with Gasteiger partial charge in [-0.15, -0.1) is 0 Å². The molecule has 5 fully saturated rings. The van der Waals surface area contributed by atoms with Gasteiger partial charge in [0.15, 0.2) is 0 Å². The zero-order valence-electron chi connectivity index (χ0n) is 35.8. The summed E-state index contributed by atoms with van der Waals surface area (Å²) >= 11 is 0. The van der Waals surface area contributed by atoms with Gasteiger partial charge in [0, 0.05) is 38.2 Å². The van der Waals surface area contributed by atoms with Crippen molar-refractivity contribution < 1.29 is 47.8 Å². The fourth-order valence-corrected chi connectivity index (χ4v) is 8.96. The molecule has 10 heteroatoms. The van der Waals surface area contributed by atoms with Crippen LogP contribution in [0.1, 0.15) is 166 Å². The molecule has 54 heavy (non-hydrogen) atoms. The second kappa shape index (κ2) is 25.1. The summed E-state index contributed by atoms with van der Waals surface area (Å²) in [4.78, 5) is 0. The molecule has 10 atom stereocenters. The van der Waals surface area contributed by atoms with E-state index in [1.807, 2.05) is 27.7 Å². The van der Waals surface area contributed by atoms with Gasteiger partial charge in [-0.1, -0.05) is 94.9 Å². The Morgan fingerprint density at radius 2 is 0.759 bits per heavy atom. The first-order chi connectivity index (χ1) is 25.0. The zero-order chi connectivity index (χ0) is 41.4. The van der Waals surface area contributed by atoms with E-state index in [4.69, 9.17) is 4.74 Å². The minimum Gasteiger partial charge on any atom is -0.393 e. The number of alkyl halides is 4. The molecule has 1 saturated heterocycles. The third-order valence-electron chi connectivity index (χ3n) is 12.9. The molecule has 6 nitrogen and oxygen atoms in total. The molecule has 0 radical (unpaired) electrons. The second-order valence-electron chi connectivity index (χ2n) is 19.0. The lowest BCUT2D eigenvalue weighted by molar-refractivity contribution is -0.105. The highest BCUT2D eigenvalue weighted by atomic mass is 19.3. The highest BCUT2D eigenvalue weighted by Gasteiger charge is 2.42. The molecule has 0 amide bonds. The van der Waals surface area contributed by atoms with Crippen LogP contribution in [-0.4, -0.2) is 81.1 Å². The summed E-state index contributed by atoms with van der Waals surface area (Å²) in [6, 6.07) is 0. The largest absolute Gasteiger partial charge is 0.393 e. The monoisotopic (exact) mass is 785 g/mol. The van der Waals surface area contributed by atoms with Crippen molar-refractivity contribution >= 4 is 0 Å². The molecular formula is C44H84F4O6. The number of hydrogen-bond acceptors (Lipinski definition) is 6. The zero-order valence-corrected chi connectivity index (χ0v) is 35.8. The molecule has 5 aliphatic rings. The van der Waals surface area contributed by atoms with Gasteiger partial charge in [0.25, 0.3) is 5.92 Å². The van der Waals surface area contributed by atoms with E-state index in [0.29, 0.717) is 47.8 Å². The molecule has 0 bridgehead atoms. The summed E-state index contributed by atoms with van der Waals surface area (Å²) in [7, 11) is 0. The maximum atomic E-state index is 12.9. The molecule has 324 valence electrons. The molecule has 4 aliphatic carbocycles. The van der Waals surface area contributed by atoms with Crippen molar-refractivity contribution in [3.05, 3.63) is 0 Å². The van der Waals surface area contributed by atoms with Gasteiger partial charge in [-0.3, -0.25) is 0 Å². The standard InChI is InChI=1S/2C9H16F2O.2C9H18O.C8H16O2/c1-6(2)7-5-9(10,11)4-3-8(7)12;1-6(2)7-3-4-9(10,11)5-8(7)12;2*1-7(2)8-5-3-4-6-9(8)10;1-6(2)7-5-10-4-3-8(7)9/h2*6-8,12H,3-5H2,1-2H3;2*7-10H,3-6H2,1-2H3;6-9H,3-5H2,1-2H3/t2*7-,8+;2*8-,9+;7-,8+/m11111/s1. The van der Waals surface area contributed by atoms with Crippen molar-refractivity contribution in [1.82, 2.24) is 0 Å². The first kappa shape index (κ1) is 51.5. The minimum atomic E-state index is -2.63. The predicted molar refractivity (Wildman–Crippen MR) is 212 cm³/mol. The molecule has 1 aliphatic heterocycles. The Morgan fingerprint density at radius 3 is 1.09 bits per heavy atom. The molecule has 0 unspecified atom stereocenters. The summed E-state index contributed by atoms with van der Waals surface area (Å²) < 4.78 is 56.5. The summed E-state index contributed by atoms with van der Waals surface area (Å²) in [6.45, 7) is 22.3. The number of rotatable bonds is 5. The highest BCUT2D eigenvalue weighted by Crippen LogP contribution is 2.40. The molecule has 4 saturated carbocycles. The maximum absolute atomic E-state index is 12.9. The van der Waals surface area contributed by atoms with E-state index in [-0.39, 0.29) is 68.2 Å². The molecule has 0 aromatic heterocycles. The fourth-order valence-electron chi connectivity index (χ4n) is 8.96. The third-order valence-corrected chi connectivity index (χ3v) is 12.9. The Hall–Kier alpha value is -0.520. The molecule has 1 heterocycles. The van der Waals surface area contributed by atoms with E-state index in [1.165, 1.54) is 38.5 Å². The molecule has 0 aromatic carbocycles. The molecule has 0 aromatic rings. The average Bonchev–Trinajstić information content (AvgIpc) is 3.06. The number of halogens is 4. The van der Waals surface area contributed by atoms with E-state index in [0.717, 1.165) is 32.5 Å². The molecular weight excluding hydrogens is 700 g/mol. The lowest BCUT2D eigenvalue weighted by atomic mass is 9.78. The van der Waals surface area contributed by atoms with Gasteiger partial charge >= 0.3 is 0 Å². The normalized spacial score (nSPS) is 35.1. The first-order valence-electron chi connectivity index (χ1n) is 21.7. The smallest absolute Gasteiger partial charge is 0.250 e. The molecule has 5 rings (SSSR count). The van der Waals surface area contributed by atoms with Crippen molar-refractivity contribution in [2.45, 2.75) is 208 Å². The fraction of sp³-hybridized carbons (Fsp3) is 1.00. The van der Waals surface area contributed by atoms with Crippen LogP contribution in [0.3, 0.4) is 0 Å². The topological polar surface area (TPSA) is 110 Å². The third kappa shape index (κ3) is 19.3. The molecule has 5 N–H and O–H groups in total. The van der Waals surface area contributed by atoms with Crippen molar-refractivity contribution in [1.29, 1.82) is 0 Å². The summed E-state index contributed by atoms with van der Waals surface area (Å²) in [6.07, 6.45) is 8.93. The van der Waals surface area contributed by atoms with E-state index in [1.54, 1.807) is 0 Å². The SMILES string of the molecule is CC(C)[C@H]1CC(F)(F)CC[C@@H]1O.CC(C)[C@H]1CCC(F)(F)C[C@@H]1O.CC(C)[C@H]1CCCC[C@@H]1O.CC(C)[C@H]1CCCC[C@@H]1O.CC(C)[C@H]1COCC[C@@H]1O. The van der Waals surface area contributed by atoms with Gasteiger partial charge in [-0.2, -0.15) is 0 Å². The van der Waals surface area contributed by atoms with Crippen LogP contribution in [0.25, 0.3) is 0 Å². The van der Waals surface area contributed by atoms with Crippen LogP contribution in [-0.2, 0) is 4.74 Å². The van der Waals surface area contributed by atoms with Crippen LogP contribution in [0.4, 0.5) is 17.6 Å². The minimum absolute atomic E-state index is 0.00579. The average molecular weight is 785 g/mol. The van der Waals surface area contributed by atoms with Crippen molar-refractivity contribution in [2.24, 2.45) is 59.2 Å². The van der Waals surface area contributed by atoms with Crippen molar-refractivity contribution in [2.75, 3.05) is 13.2 Å². The summed E-state index contributed by atoms with van der Waals surface area (Å²) in [5.74, 6) is -1.53. The van der Waals surface area contributed by atoms with Crippen LogP contribution < -0.4 is 0 Å². The lowest BCUT2D eigenvalue weighted by Gasteiger charge is -2.35. The van der Waals surface area contributed by atoms with Crippen LogP contribution in [0.2, 0.25) is 0 Å². The number of ether oxygens (including phenoxy) is 1. The number of aliphatic hydroxyl groups excluding tert-OH is 5. The van der Waals surface area contributed by atoms with Gasteiger partial charge in [0.05, 0.1) is 37.1 Å². The summed E-state index contributed by atoms with van der Waals surface area (Å²) in [5, 5.41) is 47.4. The Labute approximate surface area is 327 Å². The van der Waals surface area contributed by atoms with Gasteiger partial charge in [0.2, 0.25) is 5.92 Å². The quantitative estimate of drug-likeness (QED) is 0.178. The van der Waals surface area contributed by atoms with Crippen molar-refractivity contribution in [3.8, 4) is 0 Å². The van der Waals surface area contributed by atoms with E-state index < -0.39 is 24.1 Å². The van der Waals surface area contributed by atoms with Crippen LogP contribution in [0.5, 0.6) is 0 Å². The summed E-state index contributed by atoms with van der Waals surface area (Å²) in [5.41, 5.74) is 0. The number of aliphatic hydroxyl groups is 5. The lowest BCUT2D eigenvalue weighted by Crippen LogP contribution is -2.38. The first-order valence-corrected chi connectivity index (χ1v) is 21.7. The van der Waals surface area contributed by atoms with Gasteiger partial charge in [0.1, 0.15) is 0 Å². The van der Waals surface area contributed by atoms with Gasteiger partial charge < -0.3 is 30.3 Å². The van der Waals surface area contributed by atoms with Gasteiger partial charge in [-0.25, -0.2) is 17.6 Å². The van der Waals surface area contributed by atoms with Gasteiger partial charge in [-0.05, 0) is 98.2 Å². The van der Waals surface area contributed by atoms with Crippen LogP contribution in [0, 0.1) is 59.2 Å². The Bertz CT molecular complexity index is 902. The Balaban J connectivity index is 0.000000338. The van der Waals surface area contributed by atoms with Crippen LogP contribution in [0.15, 0.2) is 0 Å². The van der Waals surface area contributed by atoms with E-state index in [9.17, 15) is 43.1 Å². The Kier molecular flexibility index (Phi) is 23.9.